The molecule has 0 fully saturated rings. The first-order valence-electron chi connectivity index (χ1n) is 8.67. The van der Waals surface area contributed by atoms with Crippen molar-refractivity contribution < 1.29 is 9.32 Å². The van der Waals surface area contributed by atoms with Gasteiger partial charge in [-0.25, -0.2) is 0 Å². The monoisotopic (exact) mass is 326 g/mol. The van der Waals surface area contributed by atoms with Gasteiger partial charge < -0.3 is 9.84 Å². The van der Waals surface area contributed by atoms with Crippen LogP contribution in [0.2, 0.25) is 0 Å². The molecule has 0 spiro atoms. The molecule has 0 aliphatic heterocycles. The van der Waals surface area contributed by atoms with Crippen LogP contribution >= 0.6 is 0 Å². The van der Waals surface area contributed by atoms with E-state index >= 15 is 0 Å². The molecule has 1 N–H and O–H groups in total. The van der Waals surface area contributed by atoms with Gasteiger partial charge in [-0.05, 0) is 36.3 Å². The van der Waals surface area contributed by atoms with Crippen molar-refractivity contribution in [1.29, 1.82) is 0 Å². The number of benzene rings is 1. The van der Waals surface area contributed by atoms with E-state index in [0.29, 0.717) is 17.0 Å². The van der Waals surface area contributed by atoms with E-state index < -0.39 is 0 Å². The Morgan fingerprint density at radius 3 is 2.75 bits per heavy atom. The Kier molecular flexibility index (Phi) is 4.24. The lowest BCUT2D eigenvalue weighted by atomic mass is 9.71. The van der Waals surface area contributed by atoms with Crippen molar-refractivity contribution in [2.75, 3.05) is 0 Å². The second-order valence-corrected chi connectivity index (χ2v) is 7.70. The summed E-state index contributed by atoms with van der Waals surface area (Å²) in [5.74, 6) is 0.705. The highest BCUT2D eigenvalue weighted by atomic mass is 16.5. The molecule has 1 aliphatic carbocycles. The van der Waals surface area contributed by atoms with Crippen LogP contribution in [0.15, 0.2) is 28.8 Å². The molecule has 24 heavy (non-hydrogen) atoms. The van der Waals surface area contributed by atoms with E-state index in [9.17, 15) is 4.79 Å². The molecule has 0 saturated heterocycles. The number of hydrogen-bond donors (Lipinski definition) is 1. The summed E-state index contributed by atoms with van der Waals surface area (Å²) in [5, 5.41) is 7.20. The van der Waals surface area contributed by atoms with Gasteiger partial charge in [0.15, 0.2) is 5.76 Å². The predicted molar refractivity (Wildman–Crippen MR) is 94.2 cm³/mol. The molecule has 1 amide bonds. The van der Waals surface area contributed by atoms with Gasteiger partial charge in [-0.2, -0.15) is 0 Å². The van der Waals surface area contributed by atoms with Crippen LogP contribution < -0.4 is 5.32 Å². The summed E-state index contributed by atoms with van der Waals surface area (Å²) in [6.07, 6.45) is 1.99. The maximum atomic E-state index is 12.9. The van der Waals surface area contributed by atoms with Crippen LogP contribution in [-0.4, -0.2) is 11.1 Å². The minimum absolute atomic E-state index is 0.0380. The molecular weight excluding hydrogens is 300 g/mol. The number of carbonyl (C=O) groups is 1. The van der Waals surface area contributed by atoms with E-state index in [-0.39, 0.29) is 23.3 Å². The number of fused-ring (bicyclic) bond motifs is 1. The molecule has 0 bridgehead atoms. The van der Waals surface area contributed by atoms with Crippen molar-refractivity contribution in [2.45, 2.75) is 64.8 Å². The highest BCUT2D eigenvalue weighted by molar-refractivity contribution is 5.96. The Morgan fingerprint density at radius 1 is 1.33 bits per heavy atom. The predicted octanol–water partition coefficient (Wildman–Crippen LogP) is 4.65. The number of aromatic nitrogens is 1. The molecule has 4 heteroatoms. The second-order valence-electron chi connectivity index (χ2n) is 7.70. The van der Waals surface area contributed by atoms with Gasteiger partial charge in [0, 0.05) is 5.92 Å². The van der Waals surface area contributed by atoms with Crippen molar-refractivity contribution in [2.24, 2.45) is 0 Å². The minimum Gasteiger partial charge on any atom is -0.360 e. The summed E-state index contributed by atoms with van der Waals surface area (Å²) in [4.78, 5) is 12.9. The van der Waals surface area contributed by atoms with Crippen LogP contribution in [0.4, 0.5) is 0 Å². The zero-order valence-electron chi connectivity index (χ0n) is 15.1. The lowest BCUT2D eigenvalue weighted by molar-refractivity contribution is 0.0926. The Bertz CT molecular complexity index is 759. The van der Waals surface area contributed by atoms with Crippen molar-refractivity contribution in [1.82, 2.24) is 10.5 Å². The van der Waals surface area contributed by atoms with Crippen LogP contribution in [0, 0.1) is 6.92 Å². The number of hydrogen-bond acceptors (Lipinski definition) is 3. The topological polar surface area (TPSA) is 55.1 Å². The zero-order chi connectivity index (χ0) is 17.5. The highest BCUT2D eigenvalue weighted by Crippen LogP contribution is 2.41. The van der Waals surface area contributed by atoms with E-state index in [0.717, 1.165) is 12.8 Å². The fourth-order valence-corrected chi connectivity index (χ4v) is 3.65. The van der Waals surface area contributed by atoms with E-state index in [1.54, 1.807) is 0 Å². The van der Waals surface area contributed by atoms with Gasteiger partial charge in [0.05, 0.1) is 11.7 Å². The Hall–Kier alpha value is -2.10. The normalized spacial score (nSPS) is 19.2. The van der Waals surface area contributed by atoms with Gasteiger partial charge in [0.1, 0.15) is 5.56 Å². The van der Waals surface area contributed by atoms with Crippen LogP contribution in [-0.2, 0) is 5.41 Å². The van der Waals surface area contributed by atoms with Gasteiger partial charge in [-0.15, -0.1) is 0 Å². The third-order valence-corrected chi connectivity index (χ3v) is 5.07. The number of carbonyl (C=O) groups excluding carboxylic acids is 1. The maximum Gasteiger partial charge on any atom is 0.257 e. The second kappa shape index (κ2) is 6.08. The number of amides is 1. The van der Waals surface area contributed by atoms with Crippen LogP contribution in [0.3, 0.4) is 0 Å². The largest absolute Gasteiger partial charge is 0.360 e. The molecule has 4 nitrogen and oxygen atoms in total. The van der Waals surface area contributed by atoms with E-state index in [1.807, 2.05) is 26.8 Å². The lowest BCUT2D eigenvalue weighted by Crippen LogP contribution is -2.36. The molecule has 1 unspecified atom stereocenters. The van der Waals surface area contributed by atoms with Crippen molar-refractivity contribution in [3.8, 4) is 0 Å². The molecular formula is C20H26N2O2. The molecule has 3 rings (SSSR count). The minimum atomic E-state index is -0.0861. The van der Waals surface area contributed by atoms with Crippen LogP contribution in [0.1, 0.15) is 85.4 Å². The van der Waals surface area contributed by atoms with Crippen molar-refractivity contribution in [3.63, 3.8) is 0 Å². The molecule has 1 aliphatic rings. The first kappa shape index (κ1) is 16.7. The Morgan fingerprint density at radius 2 is 2.04 bits per heavy atom. The molecule has 128 valence electrons. The number of nitrogens with one attached hydrogen (secondary N) is 1. The molecule has 1 aromatic heterocycles. The van der Waals surface area contributed by atoms with Gasteiger partial charge in [-0.3, -0.25) is 4.79 Å². The number of aryl methyl sites for hydroxylation is 1. The summed E-state index contributed by atoms with van der Waals surface area (Å²) >= 11 is 0. The molecule has 1 atom stereocenters. The smallest absolute Gasteiger partial charge is 0.257 e. The lowest BCUT2D eigenvalue weighted by Gasteiger charge is -2.37. The Balaban J connectivity index is 1.90. The van der Waals surface area contributed by atoms with E-state index in [1.165, 1.54) is 11.1 Å². The summed E-state index contributed by atoms with van der Waals surface area (Å²) in [7, 11) is 0. The fourth-order valence-electron chi connectivity index (χ4n) is 3.65. The maximum absolute atomic E-state index is 12.9. The SMILES string of the molecule is Cc1noc(C(C)C)c1C(=O)NC1CCC(C)(C)c2ccccc21. The number of nitrogens with zero attached hydrogens (tertiary/aromatic N) is 1. The zero-order valence-corrected chi connectivity index (χ0v) is 15.1. The number of rotatable bonds is 3. The first-order chi connectivity index (χ1) is 11.3. The average Bonchev–Trinajstić information content (AvgIpc) is 2.92. The van der Waals surface area contributed by atoms with Gasteiger partial charge >= 0.3 is 0 Å². The quantitative estimate of drug-likeness (QED) is 0.893. The highest BCUT2D eigenvalue weighted by Gasteiger charge is 2.34. The fraction of sp³-hybridized carbons (Fsp3) is 0.500. The van der Waals surface area contributed by atoms with Crippen LogP contribution in [0.25, 0.3) is 0 Å². The van der Waals surface area contributed by atoms with Crippen molar-refractivity contribution >= 4 is 5.91 Å². The summed E-state index contributed by atoms with van der Waals surface area (Å²) in [5.41, 5.74) is 3.94. The summed E-state index contributed by atoms with van der Waals surface area (Å²) in [6.45, 7) is 10.4. The first-order valence-corrected chi connectivity index (χ1v) is 8.67. The summed E-state index contributed by atoms with van der Waals surface area (Å²) in [6, 6.07) is 8.47. The molecule has 0 radical (unpaired) electrons. The third kappa shape index (κ3) is 2.85. The summed E-state index contributed by atoms with van der Waals surface area (Å²) < 4.78 is 5.36. The van der Waals surface area contributed by atoms with Crippen molar-refractivity contribution in [3.05, 3.63) is 52.4 Å². The standard InChI is InChI=1S/C20H26N2O2/c1-12(2)18-17(13(3)22-24-18)19(23)21-16-10-11-20(4,5)15-9-7-6-8-14(15)16/h6-9,12,16H,10-11H2,1-5H3,(H,21,23). The van der Waals surface area contributed by atoms with Gasteiger partial charge in [0.2, 0.25) is 0 Å². The van der Waals surface area contributed by atoms with Gasteiger partial charge in [0.25, 0.3) is 5.91 Å². The molecule has 1 heterocycles. The molecule has 0 saturated carbocycles. The van der Waals surface area contributed by atoms with Gasteiger partial charge in [-0.1, -0.05) is 57.1 Å². The van der Waals surface area contributed by atoms with E-state index in [4.69, 9.17) is 4.52 Å². The van der Waals surface area contributed by atoms with Crippen LogP contribution in [0.5, 0.6) is 0 Å². The molecule has 1 aromatic carbocycles. The Labute approximate surface area is 143 Å². The average molecular weight is 326 g/mol. The van der Waals surface area contributed by atoms with E-state index in [2.05, 4.69) is 42.5 Å². The molecule has 2 aromatic rings. The third-order valence-electron chi connectivity index (χ3n) is 5.07.